The van der Waals surface area contributed by atoms with Crippen molar-refractivity contribution in [3.8, 4) is 0 Å². The Labute approximate surface area is 167 Å². The van der Waals surface area contributed by atoms with Gasteiger partial charge in [0.05, 0.1) is 30.6 Å². The fourth-order valence-electron chi connectivity index (χ4n) is 2.98. The van der Waals surface area contributed by atoms with Crippen LogP contribution in [-0.2, 0) is 22.6 Å². The smallest absolute Gasteiger partial charge is 0.262 e. The fourth-order valence-corrected chi connectivity index (χ4v) is 3.97. The van der Waals surface area contributed by atoms with Crippen LogP contribution in [0.2, 0.25) is 0 Å². The summed E-state index contributed by atoms with van der Waals surface area (Å²) < 4.78 is 6.65. The van der Waals surface area contributed by atoms with Crippen LogP contribution in [0.25, 0.3) is 10.2 Å². The number of carbonyl (C=O) groups excluding carboxylic acids is 1. The van der Waals surface area contributed by atoms with Crippen molar-refractivity contribution in [1.82, 2.24) is 19.4 Å². The number of ether oxygens (including phenoxy) is 1. The van der Waals surface area contributed by atoms with Crippen molar-refractivity contribution in [1.29, 1.82) is 0 Å². The molecule has 0 aliphatic heterocycles. The van der Waals surface area contributed by atoms with Crippen LogP contribution >= 0.6 is 11.3 Å². The van der Waals surface area contributed by atoms with Gasteiger partial charge in [0.15, 0.2) is 0 Å². The van der Waals surface area contributed by atoms with E-state index in [2.05, 4.69) is 9.97 Å². The zero-order valence-electron chi connectivity index (χ0n) is 16.3. The number of thiophene rings is 1. The molecule has 3 aromatic rings. The molecule has 3 aromatic heterocycles. The van der Waals surface area contributed by atoms with Crippen molar-refractivity contribution in [2.45, 2.75) is 33.4 Å². The first-order chi connectivity index (χ1) is 13.5. The quantitative estimate of drug-likeness (QED) is 0.581. The monoisotopic (exact) mass is 400 g/mol. The summed E-state index contributed by atoms with van der Waals surface area (Å²) in [7, 11) is 1.61. The summed E-state index contributed by atoms with van der Waals surface area (Å²) >= 11 is 1.52. The minimum Gasteiger partial charge on any atom is -0.383 e. The van der Waals surface area contributed by atoms with Crippen molar-refractivity contribution >= 4 is 27.5 Å². The summed E-state index contributed by atoms with van der Waals surface area (Å²) in [5.74, 6) is -0.0482. The Morgan fingerprint density at radius 1 is 1.29 bits per heavy atom. The van der Waals surface area contributed by atoms with Crippen molar-refractivity contribution in [3.63, 3.8) is 0 Å². The first-order valence-corrected chi connectivity index (χ1v) is 9.94. The zero-order chi connectivity index (χ0) is 20.1. The van der Waals surface area contributed by atoms with Crippen molar-refractivity contribution < 1.29 is 9.53 Å². The number of hydrogen-bond donors (Lipinski definition) is 0. The molecule has 0 saturated carbocycles. The SMILES string of the molecule is COCCN(Cc1ccccn1)C(=O)CCn1cnc2sc(C)c(C)c2c1=O. The maximum Gasteiger partial charge on any atom is 0.262 e. The molecule has 0 spiro atoms. The van der Waals surface area contributed by atoms with E-state index in [9.17, 15) is 9.59 Å². The summed E-state index contributed by atoms with van der Waals surface area (Å²) in [4.78, 5) is 37.8. The number of carbonyl (C=O) groups is 1. The van der Waals surface area contributed by atoms with Crippen molar-refractivity contribution in [3.05, 3.63) is 57.2 Å². The average molecular weight is 401 g/mol. The molecule has 7 nitrogen and oxygen atoms in total. The van der Waals surface area contributed by atoms with Crippen LogP contribution < -0.4 is 5.56 Å². The molecule has 0 saturated heterocycles. The predicted molar refractivity (Wildman–Crippen MR) is 110 cm³/mol. The second kappa shape index (κ2) is 9.07. The molecule has 0 atom stereocenters. The van der Waals surface area contributed by atoms with Crippen LogP contribution in [0.3, 0.4) is 0 Å². The largest absolute Gasteiger partial charge is 0.383 e. The molecule has 1 amide bonds. The Kier molecular flexibility index (Phi) is 6.53. The number of fused-ring (bicyclic) bond motifs is 1. The normalized spacial score (nSPS) is 11.1. The lowest BCUT2D eigenvalue weighted by molar-refractivity contribution is -0.132. The van der Waals surface area contributed by atoms with Crippen molar-refractivity contribution in [2.24, 2.45) is 0 Å². The Morgan fingerprint density at radius 3 is 2.82 bits per heavy atom. The number of nitrogens with zero attached hydrogens (tertiary/aromatic N) is 4. The minimum absolute atomic E-state index is 0.0482. The first kappa shape index (κ1) is 20.2. The summed E-state index contributed by atoms with van der Waals surface area (Å²) in [6.45, 7) is 5.55. The Bertz CT molecular complexity index is 1010. The molecule has 8 heteroatoms. The standard InChI is InChI=1S/C20H24N4O3S/c1-14-15(2)28-19-18(14)20(26)24(13-22-19)9-7-17(25)23(10-11-27-3)12-16-6-4-5-8-21-16/h4-6,8,13H,7,9-12H2,1-3H3. The van der Waals surface area contributed by atoms with E-state index in [1.165, 1.54) is 22.2 Å². The molecule has 0 aliphatic carbocycles. The number of pyridine rings is 1. The molecule has 0 N–H and O–H groups in total. The van der Waals surface area contributed by atoms with E-state index in [-0.39, 0.29) is 17.9 Å². The minimum atomic E-state index is -0.0900. The topological polar surface area (TPSA) is 77.3 Å². The molecule has 0 aliphatic rings. The van der Waals surface area contributed by atoms with Crippen LogP contribution in [0, 0.1) is 13.8 Å². The van der Waals surface area contributed by atoms with Gasteiger partial charge in [-0.05, 0) is 31.5 Å². The molecule has 3 heterocycles. The van der Waals surface area contributed by atoms with Gasteiger partial charge in [-0.15, -0.1) is 11.3 Å². The fraction of sp³-hybridized carbons (Fsp3) is 0.400. The van der Waals surface area contributed by atoms with Crippen molar-refractivity contribution in [2.75, 3.05) is 20.3 Å². The zero-order valence-corrected chi connectivity index (χ0v) is 17.2. The Hall–Kier alpha value is -2.58. The van der Waals surface area contributed by atoms with Crippen LogP contribution in [0.15, 0.2) is 35.5 Å². The number of hydrogen-bond acceptors (Lipinski definition) is 6. The summed E-state index contributed by atoms with van der Waals surface area (Å²) in [5, 5.41) is 0.655. The third-order valence-electron chi connectivity index (χ3n) is 4.72. The molecule has 148 valence electrons. The lowest BCUT2D eigenvalue weighted by Crippen LogP contribution is -2.35. The molecule has 0 unspecified atom stereocenters. The van der Waals surface area contributed by atoms with Gasteiger partial charge in [-0.3, -0.25) is 19.1 Å². The average Bonchev–Trinajstić information content (AvgIpc) is 2.99. The highest BCUT2D eigenvalue weighted by atomic mass is 32.1. The Balaban J connectivity index is 1.73. The number of aryl methyl sites for hydroxylation is 3. The lowest BCUT2D eigenvalue weighted by Gasteiger charge is -2.22. The molecular weight excluding hydrogens is 376 g/mol. The number of methoxy groups -OCH3 is 1. The lowest BCUT2D eigenvalue weighted by atomic mass is 10.2. The van der Waals surface area contributed by atoms with Gasteiger partial charge in [0.25, 0.3) is 5.56 Å². The highest BCUT2D eigenvalue weighted by Crippen LogP contribution is 2.25. The maximum absolute atomic E-state index is 12.8. The highest BCUT2D eigenvalue weighted by Gasteiger charge is 2.16. The molecule has 0 aromatic carbocycles. The van der Waals surface area contributed by atoms with Gasteiger partial charge in [0.1, 0.15) is 4.83 Å². The summed E-state index contributed by atoms with van der Waals surface area (Å²) in [6, 6.07) is 5.62. The maximum atomic E-state index is 12.8. The van der Waals surface area contributed by atoms with E-state index < -0.39 is 0 Å². The third-order valence-corrected chi connectivity index (χ3v) is 5.83. The number of rotatable bonds is 8. The van der Waals surface area contributed by atoms with Gasteiger partial charge in [-0.2, -0.15) is 0 Å². The van der Waals surface area contributed by atoms with E-state index in [1.54, 1.807) is 18.2 Å². The van der Waals surface area contributed by atoms with E-state index in [0.29, 0.717) is 31.6 Å². The molecule has 0 fully saturated rings. The first-order valence-electron chi connectivity index (χ1n) is 9.13. The molecule has 28 heavy (non-hydrogen) atoms. The van der Waals surface area contributed by atoms with E-state index in [0.717, 1.165) is 21.0 Å². The molecule has 3 rings (SSSR count). The summed E-state index contributed by atoms with van der Waals surface area (Å²) in [5.41, 5.74) is 1.69. The predicted octanol–water partition coefficient (Wildman–Crippen LogP) is 2.54. The van der Waals surface area contributed by atoms with Gasteiger partial charge in [0, 0.05) is 37.7 Å². The van der Waals surface area contributed by atoms with Gasteiger partial charge in [0.2, 0.25) is 5.91 Å². The van der Waals surface area contributed by atoms with Crippen LogP contribution in [0.4, 0.5) is 0 Å². The highest BCUT2D eigenvalue weighted by molar-refractivity contribution is 7.18. The van der Waals surface area contributed by atoms with E-state index in [1.807, 2.05) is 32.0 Å². The van der Waals surface area contributed by atoms with E-state index >= 15 is 0 Å². The molecule has 0 radical (unpaired) electrons. The van der Waals surface area contributed by atoms with E-state index in [4.69, 9.17) is 4.74 Å². The molecule has 0 bridgehead atoms. The number of aromatic nitrogens is 3. The van der Waals surface area contributed by atoms with Gasteiger partial charge >= 0.3 is 0 Å². The molecular formula is C20H24N4O3S. The summed E-state index contributed by atoms with van der Waals surface area (Å²) in [6.07, 6.45) is 3.46. The van der Waals surface area contributed by atoms with Gasteiger partial charge < -0.3 is 9.64 Å². The van der Waals surface area contributed by atoms with Gasteiger partial charge in [-0.25, -0.2) is 4.98 Å². The second-order valence-corrected chi connectivity index (χ2v) is 7.79. The number of amides is 1. The van der Waals surface area contributed by atoms with Crippen LogP contribution in [-0.4, -0.2) is 45.6 Å². The van der Waals surface area contributed by atoms with Gasteiger partial charge in [-0.1, -0.05) is 6.07 Å². The second-order valence-electron chi connectivity index (χ2n) is 6.59. The van der Waals surface area contributed by atoms with Crippen LogP contribution in [0.5, 0.6) is 0 Å². The Morgan fingerprint density at radius 2 is 2.11 bits per heavy atom. The third kappa shape index (κ3) is 4.45. The van der Waals surface area contributed by atoms with Crippen LogP contribution in [0.1, 0.15) is 22.6 Å².